The Kier molecular flexibility index (Phi) is 3.85. The molecule has 0 saturated carbocycles. The normalized spacial score (nSPS) is 27.5. The Balaban J connectivity index is 2.03. The molecule has 1 unspecified atom stereocenters. The molecule has 6 N–H and O–H groups in total. The maximum atomic E-state index is 12.2. The van der Waals surface area contributed by atoms with Gasteiger partial charge in [0.15, 0.2) is 17.7 Å². The van der Waals surface area contributed by atoms with Crippen molar-refractivity contribution in [1.82, 2.24) is 19.7 Å². The quantitative estimate of drug-likeness (QED) is 0.396. The van der Waals surface area contributed by atoms with Crippen molar-refractivity contribution in [3.8, 4) is 0 Å². The number of nitrogen functional groups attached to an aromatic ring is 1. The van der Waals surface area contributed by atoms with E-state index >= 15 is 0 Å². The third-order valence-electron chi connectivity index (χ3n) is 3.67. The van der Waals surface area contributed by atoms with Crippen LogP contribution in [0, 0.1) is 0 Å². The standard InChI is InChI=1S/C12H16N6O5/c1-18-11-5(7(21)9(13)17-18)10(14-3-15-11)16-12-8(22)6(20)4(2-19)23-12/h3-4,6,8,12,19-20,22H,2H2,1H3,(H2,13,17)(H,14,15,16)/t4-,6-,8?,12-/m1/s1. The van der Waals surface area contributed by atoms with Crippen LogP contribution in [0.5, 0.6) is 0 Å². The first-order valence-corrected chi connectivity index (χ1v) is 6.80. The van der Waals surface area contributed by atoms with E-state index in [0.29, 0.717) is 0 Å². The number of ether oxygens (including phenoxy) is 1. The molecule has 0 amide bonds. The second kappa shape index (κ2) is 5.70. The van der Waals surface area contributed by atoms with Gasteiger partial charge >= 0.3 is 0 Å². The van der Waals surface area contributed by atoms with Crippen molar-refractivity contribution in [2.45, 2.75) is 24.5 Å². The number of nitrogens with two attached hydrogens (primary N) is 1. The first-order valence-electron chi connectivity index (χ1n) is 6.80. The minimum absolute atomic E-state index is 0.0829. The molecule has 1 aliphatic rings. The summed E-state index contributed by atoms with van der Waals surface area (Å²) in [6, 6.07) is 0. The van der Waals surface area contributed by atoms with Crippen molar-refractivity contribution >= 4 is 22.7 Å². The molecule has 11 heteroatoms. The topological polar surface area (TPSA) is 169 Å². The summed E-state index contributed by atoms with van der Waals surface area (Å²) in [6.07, 6.45) is -3.35. The van der Waals surface area contributed by atoms with E-state index in [1.807, 2.05) is 0 Å². The van der Waals surface area contributed by atoms with Crippen molar-refractivity contribution in [3.63, 3.8) is 0 Å². The van der Waals surface area contributed by atoms with Gasteiger partial charge in [0.05, 0.1) is 6.61 Å². The molecule has 3 rings (SSSR count). The highest BCUT2D eigenvalue weighted by atomic mass is 16.6. The minimum atomic E-state index is -1.31. The number of hydrogen-bond acceptors (Lipinski definition) is 10. The average molecular weight is 324 g/mol. The number of fused-ring (bicyclic) bond motifs is 1. The molecule has 0 bridgehead atoms. The van der Waals surface area contributed by atoms with Crippen LogP contribution < -0.4 is 16.5 Å². The SMILES string of the molecule is Cn1nc(N)c(=O)c2c(N[C@@H]3O[C@H](CO)[C@@H](O)C3O)ncnc21. The number of aromatic nitrogens is 4. The highest BCUT2D eigenvalue weighted by molar-refractivity contribution is 5.87. The van der Waals surface area contributed by atoms with Crippen molar-refractivity contribution in [2.24, 2.45) is 7.05 Å². The molecule has 2 aromatic heterocycles. The number of rotatable bonds is 3. The summed E-state index contributed by atoms with van der Waals surface area (Å²) in [5, 5.41) is 35.5. The van der Waals surface area contributed by atoms with Gasteiger partial charge in [-0.3, -0.25) is 4.79 Å². The van der Waals surface area contributed by atoms with Crippen LogP contribution in [0.4, 0.5) is 11.6 Å². The van der Waals surface area contributed by atoms with Gasteiger partial charge in [0, 0.05) is 7.05 Å². The van der Waals surface area contributed by atoms with E-state index in [9.17, 15) is 15.0 Å². The molecule has 23 heavy (non-hydrogen) atoms. The monoisotopic (exact) mass is 324 g/mol. The van der Waals surface area contributed by atoms with Crippen molar-refractivity contribution < 1.29 is 20.1 Å². The Morgan fingerprint density at radius 1 is 1.39 bits per heavy atom. The maximum Gasteiger partial charge on any atom is 0.237 e. The number of hydrogen-bond donors (Lipinski definition) is 5. The summed E-state index contributed by atoms with van der Waals surface area (Å²) in [5.41, 5.74) is 5.26. The molecule has 0 aromatic carbocycles. The van der Waals surface area contributed by atoms with Crippen LogP contribution in [0.1, 0.15) is 0 Å². The third-order valence-corrected chi connectivity index (χ3v) is 3.67. The number of anilines is 2. The third kappa shape index (κ3) is 2.49. The minimum Gasteiger partial charge on any atom is -0.394 e. The van der Waals surface area contributed by atoms with E-state index < -0.39 is 36.6 Å². The second-order valence-electron chi connectivity index (χ2n) is 5.16. The van der Waals surface area contributed by atoms with Gasteiger partial charge in [-0.2, -0.15) is 0 Å². The number of aliphatic hydroxyl groups is 3. The molecule has 0 aliphatic carbocycles. The van der Waals surface area contributed by atoms with Crippen LogP contribution >= 0.6 is 0 Å². The van der Waals surface area contributed by atoms with Crippen molar-refractivity contribution in [3.05, 3.63) is 16.6 Å². The largest absolute Gasteiger partial charge is 0.394 e. The van der Waals surface area contributed by atoms with Crippen LogP contribution in [0.25, 0.3) is 11.0 Å². The molecule has 3 heterocycles. The fraction of sp³-hybridized carbons (Fsp3) is 0.500. The van der Waals surface area contributed by atoms with E-state index in [1.165, 1.54) is 11.0 Å². The molecule has 124 valence electrons. The summed E-state index contributed by atoms with van der Waals surface area (Å²) in [6.45, 7) is -0.459. The molecule has 1 saturated heterocycles. The van der Waals surface area contributed by atoms with Gasteiger partial charge in [-0.1, -0.05) is 0 Å². The Morgan fingerprint density at radius 3 is 2.78 bits per heavy atom. The summed E-state index contributed by atoms with van der Waals surface area (Å²) in [7, 11) is 1.57. The smallest absolute Gasteiger partial charge is 0.237 e. The van der Waals surface area contributed by atoms with E-state index in [4.69, 9.17) is 15.6 Å². The second-order valence-corrected chi connectivity index (χ2v) is 5.16. The fourth-order valence-electron chi connectivity index (χ4n) is 2.48. The Bertz CT molecular complexity index is 795. The van der Waals surface area contributed by atoms with Crippen LogP contribution in [0.2, 0.25) is 0 Å². The highest BCUT2D eigenvalue weighted by Crippen LogP contribution is 2.24. The zero-order chi connectivity index (χ0) is 16.7. The summed E-state index contributed by atoms with van der Waals surface area (Å²) in [4.78, 5) is 20.2. The Labute approximate surface area is 129 Å². The van der Waals surface area contributed by atoms with Gasteiger partial charge in [0.25, 0.3) is 0 Å². The lowest BCUT2D eigenvalue weighted by Gasteiger charge is -2.18. The van der Waals surface area contributed by atoms with Crippen molar-refractivity contribution in [1.29, 1.82) is 0 Å². The Hall–Kier alpha value is -2.34. The molecule has 4 atom stereocenters. The van der Waals surface area contributed by atoms with Gasteiger partial charge in [-0.05, 0) is 0 Å². The molecule has 1 aliphatic heterocycles. The molecule has 0 radical (unpaired) electrons. The summed E-state index contributed by atoms with van der Waals surface area (Å²) < 4.78 is 6.64. The van der Waals surface area contributed by atoms with Gasteiger partial charge in [0.2, 0.25) is 5.43 Å². The number of nitrogens with zero attached hydrogens (tertiary/aromatic N) is 4. The summed E-state index contributed by atoms with van der Waals surface area (Å²) in [5.74, 6) is -0.140. The molecule has 1 fully saturated rings. The zero-order valence-electron chi connectivity index (χ0n) is 12.1. The van der Waals surface area contributed by atoms with Crippen LogP contribution in [-0.4, -0.2) is 66.2 Å². The van der Waals surface area contributed by atoms with E-state index in [-0.39, 0.29) is 22.7 Å². The lowest BCUT2D eigenvalue weighted by atomic mass is 10.1. The first-order chi connectivity index (χ1) is 10.9. The van der Waals surface area contributed by atoms with Gasteiger partial charge in [-0.25, -0.2) is 14.6 Å². The number of nitrogens with one attached hydrogen (secondary N) is 1. The number of aliphatic hydroxyl groups excluding tert-OH is 3. The Morgan fingerprint density at radius 2 is 2.13 bits per heavy atom. The zero-order valence-corrected chi connectivity index (χ0v) is 12.1. The van der Waals surface area contributed by atoms with Crippen molar-refractivity contribution in [2.75, 3.05) is 17.7 Å². The first kappa shape index (κ1) is 15.6. The number of aryl methyl sites for hydroxylation is 1. The predicted molar refractivity (Wildman–Crippen MR) is 78.4 cm³/mol. The van der Waals surface area contributed by atoms with E-state index in [1.54, 1.807) is 7.05 Å². The van der Waals surface area contributed by atoms with Crippen LogP contribution in [-0.2, 0) is 11.8 Å². The lowest BCUT2D eigenvalue weighted by molar-refractivity contribution is -0.0153. The fourth-order valence-corrected chi connectivity index (χ4v) is 2.48. The molecule has 2 aromatic rings. The molecular weight excluding hydrogens is 308 g/mol. The molecule has 0 spiro atoms. The molecular formula is C12H16N6O5. The van der Waals surface area contributed by atoms with Crippen LogP contribution in [0.3, 0.4) is 0 Å². The van der Waals surface area contributed by atoms with Gasteiger partial charge in [0.1, 0.15) is 35.8 Å². The molecule has 11 nitrogen and oxygen atoms in total. The van der Waals surface area contributed by atoms with E-state index in [2.05, 4.69) is 20.4 Å². The van der Waals surface area contributed by atoms with Crippen LogP contribution in [0.15, 0.2) is 11.1 Å². The van der Waals surface area contributed by atoms with Gasteiger partial charge in [-0.15, -0.1) is 5.10 Å². The average Bonchev–Trinajstić information content (AvgIpc) is 2.80. The predicted octanol–water partition coefficient (Wildman–Crippen LogP) is -2.84. The highest BCUT2D eigenvalue weighted by Gasteiger charge is 2.42. The summed E-state index contributed by atoms with van der Waals surface area (Å²) >= 11 is 0. The lowest BCUT2D eigenvalue weighted by Crippen LogP contribution is -2.37. The van der Waals surface area contributed by atoms with Gasteiger partial charge < -0.3 is 31.1 Å². The van der Waals surface area contributed by atoms with E-state index in [0.717, 1.165) is 0 Å². The maximum absolute atomic E-state index is 12.2.